The van der Waals surface area contributed by atoms with E-state index in [1.54, 1.807) is 7.05 Å². The van der Waals surface area contributed by atoms with Crippen LogP contribution in [0, 0.1) is 0 Å². The van der Waals surface area contributed by atoms with Crippen LogP contribution in [0.25, 0.3) is 22.0 Å². The summed E-state index contributed by atoms with van der Waals surface area (Å²) >= 11 is 1.42. The van der Waals surface area contributed by atoms with Gasteiger partial charge in [0.1, 0.15) is 10.7 Å². The summed E-state index contributed by atoms with van der Waals surface area (Å²) in [5, 5.41) is 14.1. The smallest absolute Gasteiger partial charge is 0.233 e. The van der Waals surface area contributed by atoms with Crippen LogP contribution in [-0.4, -0.2) is 28.4 Å². The van der Waals surface area contributed by atoms with Gasteiger partial charge in [0.2, 0.25) is 5.91 Å². The molecule has 0 fully saturated rings. The van der Waals surface area contributed by atoms with Crippen molar-refractivity contribution in [3.05, 3.63) is 54.6 Å². The van der Waals surface area contributed by atoms with Gasteiger partial charge < -0.3 is 5.32 Å². The number of hydrogen-bond donors (Lipinski definition) is 1. The zero-order valence-electron chi connectivity index (χ0n) is 13.0. The number of fused-ring (bicyclic) bond motifs is 1. The Kier molecular flexibility index (Phi) is 4.57. The van der Waals surface area contributed by atoms with Crippen molar-refractivity contribution < 1.29 is 4.79 Å². The largest absolute Gasteiger partial charge is 0.358 e. The van der Waals surface area contributed by atoms with Gasteiger partial charge in [-0.2, -0.15) is 0 Å². The molecule has 1 N–H and O–H groups in total. The fraction of sp³-hybridized carbons (Fsp3) is 0.167. The zero-order chi connectivity index (χ0) is 16.2. The maximum atomic E-state index is 11.8. The molecule has 5 heteroatoms. The second kappa shape index (κ2) is 6.79. The number of benzene rings is 2. The fourth-order valence-electron chi connectivity index (χ4n) is 2.40. The van der Waals surface area contributed by atoms with Crippen molar-refractivity contribution >= 4 is 28.4 Å². The van der Waals surface area contributed by atoms with E-state index in [0.717, 1.165) is 27.1 Å². The van der Waals surface area contributed by atoms with Crippen LogP contribution in [0.2, 0.25) is 0 Å². The Morgan fingerprint density at radius 2 is 1.65 bits per heavy atom. The Balaban J connectivity index is 2.08. The molecular formula is C18H17N3OS. The van der Waals surface area contributed by atoms with E-state index in [4.69, 9.17) is 0 Å². The van der Waals surface area contributed by atoms with Gasteiger partial charge >= 0.3 is 0 Å². The van der Waals surface area contributed by atoms with Gasteiger partial charge in [0.05, 0.1) is 5.25 Å². The zero-order valence-corrected chi connectivity index (χ0v) is 13.8. The second-order valence-corrected chi connectivity index (χ2v) is 6.47. The van der Waals surface area contributed by atoms with Crippen LogP contribution in [0.4, 0.5) is 0 Å². The number of hydrogen-bond acceptors (Lipinski definition) is 4. The van der Waals surface area contributed by atoms with Crippen LogP contribution >= 0.6 is 11.8 Å². The molecule has 0 spiro atoms. The van der Waals surface area contributed by atoms with E-state index in [-0.39, 0.29) is 11.2 Å². The Morgan fingerprint density at radius 1 is 1.00 bits per heavy atom. The summed E-state index contributed by atoms with van der Waals surface area (Å²) in [6.07, 6.45) is 0. The molecule has 0 radical (unpaired) electrons. The van der Waals surface area contributed by atoms with Gasteiger partial charge in [0.15, 0.2) is 0 Å². The number of thioether (sulfide) groups is 1. The summed E-state index contributed by atoms with van der Waals surface area (Å²) in [4.78, 5) is 11.8. The normalized spacial score (nSPS) is 12.1. The lowest BCUT2D eigenvalue weighted by Crippen LogP contribution is -2.27. The Bertz CT molecular complexity index is 836. The van der Waals surface area contributed by atoms with Gasteiger partial charge in [0.25, 0.3) is 0 Å². The van der Waals surface area contributed by atoms with E-state index in [9.17, 15) is 4.79 Å². The SMILES string of the molecule is CNC(=O)[C@H](C)Sc1nnc(-c2ccccc2)c2ccccc12. The summed E-state index contributed by atoms with van der Waals surface area (Å²) in [6, 6.07) is 18.0. The van der Waals surface area contributed by atoms with Gasteiger partial charge in [0, 0.05) is 23.4 Å². The maximum absolute atomic E-state index is 11.8. The number of amides is 1. The van der Waals surface area contributed by atoms with Crippen LogP contribution in [0.1, 0.15) is 6.92 Å². The summed E-state index contributed by atoms with van der Waals surface area (Å²) in [5.41, 5.74) is 1.89. The number of aromatic nitrogens is 2. The average molecular weight is 323 g/mol. The third-order valence-corrected chi connectivity index (χ3v) is 4.70. The standard InChI is InChI=1S/C18H17N3OS/c1-12(17(22)19-2)23-18-15-11-7-6-10-14(15)16(20-21-18)13-8-4-3-5-9-13/h3-12H,1-2H3,(H,19,22)/t12-/m0/s1. The molecule has 0 aliphatic rings. The summed E-state index contributed by atoms with van der Waals surface area (Å²) in [6.45, 7) is 1.87. The van der Waals surface area contributed by atoms with Gasteiger partial charge in [-0.25, -0.2) is 0 Å². The second-order valence-electron chi connectivity index (χ2n) is 5.14. The van der Waals surface area contributed by atoms with E-state index >= 15 is 0 Å². The highest BCUT2D eigenvalue weighted by Crippen LogP contribution is 2.33. The predicted octanol–water partition coefficient (Wildman–Crippen LogP) is 3.52. The Hall–Kier alpha value is -2.40. The van der Waals surface area contributed by atoms with Crippen molar-refractivity contribution in [3.63, 3.8) is 0 Å². The molecule has 23 heavy (non-hydrogen) atoms. The molecule has 0 bridgehead atoms. The van der Waals surface area contributed by atoms with E-state index in [1.165, 1.54) is 11.8 Å². The molecule has 0 aliphatic heterocycles. The van der Waals surface area contributed by atoms with Crippen LogP contribution < -0.4 is 5.32 Å². The van der Waals surface area contributed by atoms with Crippen molar-refractivity contribution in [2.45, 2.75) is 17.2 Å². The lowest BCUT2D eigenvalue weighted by atomic mass is 10.1. The molecule has 0 saturated heterocycles. The quantitative estimate of drug-likeness (QED) is 0.746. The van der Waals surface area contributed by atoms with Crippen LogP contribution in [0.15, 0.2) is 59.6 Å². The highest BCUT2D eigenvalue weighted by atomic mass is 32.2. The molecule has 3 rings (SSSR count). The van der Waals surface area contributed by atoms with Crippen LogP contribution in [0.3, 0.4) is 0 Å². The molecule has 4 nitrogen and oxygen atoms in total. The molecule has 2 aromatic carbocycles. The molecule has 1 aromatic heterocycles. The third kappa shape index (κ3) is 3.19. The molecular weight excluding hydrogens is 306 g/mol. The summed E-state index contributed by atoms with van der Waals surface area (Å²) in [7, 11) is 1.64. The van der Waals surface area contributed by atoms with E-state index < -0.39 is 0 Å². The van der Waals surface area contributed by atoms with Crippen LogP contribution in [0.5, 0.6) is 0 Å². The predicted molar refractivity (Wildman–Crippen MR) is 94.4 cm³/mol. The topological polar surface area (TPSA) is 54.9 Å². The number of nitrogens with zero attached hydrogens (tertiary/aromatic N) is 2. The molecule has 3 aromatic rings. The van der Waals surface area contributed by atoms with Crippen molar-refractivity contribution in [1.82, 2.24) is 15.5 Å². The minimum atomic E-state index is -0.222. The first-order valence-electron chi connectivity index (χ1n) is 7.40. The molecule has 1 amide bonds. The van der Waals surface area contributed by atoms with Crippen molar-refractivity contribution in [3.8, 4) is 11.3 Å². The fourth-order valence-corrected chi connectivity index (χ4v) is 3.35. The first kappa shape index (κ1) is 15.5. The van der Waals surface area contributed by atoms with E-state index in [2.05, 4.69) is 15.5 Å². The van der Waals surface area contributed by atoms with E-state index in [0.29, 0.717) is 0 Å². The van der Waals surface area contributed by atoms with Gasteiger partial charge in [-0.1, -0.05) is 66.4 Å². The highest BCUT2D eigenvalue weighted by molar-refractivity contribution is 8.00. The van der Waals surface area contributed by atoms with Crippen molar-refractivity contribution in [1.29, 1.82) is 0 Å². The molecule has 0 unspecified atom stereocenters. The minimum Gasteiger partial charge on any atom is -0.358 e. The van der Waals surface area contributed by atoms with Gasteiger partial charge in [-0.15, -0.1) is 10.2 Å². The number of carbonyl (C=O) groups excluding carboxylic acids is 1. The Labute approximate surface area is 139 Å². The van der Waals surface area contributed by atoms with E-state index in [1.807, 2.05) is 61.5 Å². The molecule has 1 atom stereocenters. The highest BCUT2D eigenvalue weighted by Gasteiger charge is 2.17. The maximum Gasteiger partial charge on any atom is 0.233 e. The summed E-state index contributed by atoms with van der Waals surface area (Å²) < 4.78 is 0. The number of nitrogens with one attached hydrogen (secondary N) is 1. The average Bonchev–Trinajstić information content (AvgIpc) is 2.62. The molecule has 1 heterocycles. The Morgan fingerprint density at radius 3 is 2.35 bits per heavy atom. The minimum absolute atomic E-state index is 0.0204. The van der Waals surface area contributed by atoms with Crippen LogP contribution in [-0.2, 0) is 4.79 Å². The van der Waals surface area contributed by atoms with Gasteiger partial charge in [-0.05, 0) is 6.92 Å². The lowest BCUT2D eigenvalue weighted by Gasteiger charge is -2.12. The summed E-state index contributed by atoms with van der Waals surface area (Å²) in [5.74, 6) is -0.0204. The monoisotopic (exact) mass is 323 g/mol. The molecule has 0 saturated carbocycles. The molecule has 0 aliphatic carbocycles. The third-order valence-electron chi connectivity index (χ3n) is 3.60. The van der Waals surface area contributed by atoms with Crippen molar-refractivity contribution in [2.24, 2.45) is 0 Å². The van der Waals surface area contributed by atoms with Crippen molar-refractivity contribution in [2.75, 3.05) is 7.05 Å². The number of rotatable bonds is 4. The first-order valence-corrected chi connectivity index (χ1v) is 8.27. The lowest BCUT2D eigenvalue weighted by molar-refractivity contribution is -0.119. The van der Waals surface area contributed by atoms with Gasteiger partial charge in [-0.3, -0.25) is 4.79 Å². The first-order chi connectivity index (χ1) is 11.2. The number of carbonyl (C=O) groups is 1. The molecule has 116 valence electrons.